The number of benzene rings is 1. The van der Waals surface area contributed by atoms with Crippen molar-refractivity contribution in [1.82, 2.24) is 0 Å². The second-order valence-corrected chi connectivity index (χ2v) is 3.36. The van der Waals surface area contributed by atoms with Crippen molar-refractivity contribution < 1.29 is 10.4 Å². The van der Waals surface area contributed by atoms with Crippen LogP contribution in [0.4, 0.5) is 0 Å². The first kappa shape index (κ1) is 10.5. The molecule has 0 aliphatic heterocycles. The Morgan fingerprint density at radius 3 is 2.77 bits per heavy atom. The number of aliphatic hydroxyl groups is 1. The van der Waals surface area contributed by atoms with Crippen molar-refractivity contribution in [3.8, 4) is 0 Å². The van der Waals surface area contributed by atoms with Gasteiger partial charge in [0, 0.05) is 23.6 Å². The second kappa shape index (κ2) is 5.97. The third kappa shape index (κ3) is 3.77. The highest BCUT2D eigenvalue weighted by molar-refractivity contribution is 6.31. The van der Waals surface area contributed by atoms with Crippen molar-refractivity contribution in [1.29, 1.82) is 0 Å². The average Bonchev–Trinajstić information content (AvgIpc) is 2.15. The van der Waals surface area contributed by atoms with Gasteiger partial charge in [-0.2, -0.15) is 0 Å². The lowest BCUT2D eigenvalue weighted by molar-refractivity contribution is -0.671. The lowest BCUT2D eigenvalue weighted by Crippen LogP contribution is -2.82. The molecule has 1 aromatic rings. The molecule has 13 heavy (non-hydrogen) atoms. The fourth-order valence-corrected chi connectivity index (χ4v) is 1.37. The van der Waals surface area contributed by atoms with Crippen molar-refractivity contribution in [3.05, 3.63) is 34.9 Å². The Kier molecular flexibility index (Phi) is 4.83. The van der Waals surface area contributed by atoms with E-state index < -0.39 is 0 Å². The highest BCUT2D eigenvalue weighted by atomic mass is 35.5. The summed E-state index contributed by atoms with van der Waals surface area (Å²) in [5.41, 5.74) is 1.15. The van der Waals surface area contributed by atoms with Gasteiger partial charge in [-0.05, 0) is 6.07 Å². The molecule has 3 N–H and O–H groups in total. The van der Waals surface area contributed by atoms with Crippen LogP contribution in [-0.4, -0.2) is 18.3 Å². The Bertz CT molecular complexity index is 252. The SMILES string of the molecule is OCCC[NH2+]Cc1ccccc1Cl. The van der Waals surface area contributed by atoms with E-state index in [-0.39, 0.29) is 6.61 Å². The van der Waals surface area contributed by atoms with Gasteiger partial charge in [-0.1, -0.05) is 29.8 Å². The first-order valence-electron chi connectivity index (χ1n) is 4.50. The third-order valence-corrected chi connectivity index (χ3v) is 2.26. The van der Waals surface area contributed by atoms with Crippen LogP contribution in [-0.2, 0) is 6.54 Å². The number of hydrogen-bond donors (Lipinski definition) is 2. The van der Waals surface area contributed by atoms with Gasteiger partial charge in [-0.3, -0.25) is 0 Å². The molecule has 0 heterocycles. The summed E-state index contributed by atoms with van der Waals surface area (Å²) in [5, 5.41) is 11.5. The van der Waals surface area contributed by atoms with Crippen LogP contribution in [0.25, 0.3) is 0 Å². The molecule has 0 atom stereocenters. The Morgan fingerprint density at radius 1 is 1.31 bits per heavy atom. The van der Waals surface area contributed by atoms with Gasteiger partial charge < -0.3 is 10.4 Å². The van der Waals surface area contributed by atoms with Gasteiger partial charge in [0.2, 0.25) is 0 Å². The number of quaternary nitrogens is 1. The molecule has 1 aromatic carbocycles. The predicted molar refractivity (Wildman–Crippen MR) is 53.7 cm³/mol. The summed E-state index contributed by atoms with van der Waals surface area (Å²) in [6.45, 7) is 2.10. The zero-order valence-corrected chi connectivity index (χ0v) is 8.30. The lowest BCUT2D eigenvalue weighted by Gasteiger charge is -2.02. The van der Waals surface area contributed by atoms with Crippen LogP contribution in [0.5, 0.6) is 0 Å². The molecule has 0 spiro atoms. The maximum absolute atomic E-state index is 8.57. The van der Waals surface area contributed by atoms with E-state index in [2.05, 4.69) is 5.32 Å². The summed E-state index contributed by atoms with van der Waals surface area (Å²) < 4.78 is 0. The molecule has 0 aromatic heterocycles. The van der Waals surface area contributed by atoms with Crippen LogP contribution in [0.1, 0.15) is 12.0 Å². The number of halogens is 1. The summed E-state index contributed by atoms with van der Waals surface area (Å²) in [7, 11) is 0. The number of aliphatic hydroxyl groups excluding tert-OH is 1. The maximum Gasteiger partial charge on any atom is 0.103 e. The van der Waals surface area contributed by atoms with Gasteiger partial charge >= 0.3 is 0 Å². The minimum Gasteiger partial charge on any atom is -0.396 e. The standard InChI is InChI=1S/C10H14ClNO/c11-10-5-2-1-4-9(10)8-12-6-3-7-13/h1-2,4-5,12-13H,3,6-8H2/p+1. The van der Waals surface area contributed by atoms with E-state index in [1.165, 1.54) is 0 Å². The van der Waals surface area contributed by atoms with Crippen LogP contribution in [0.2, 0.25) is 5.02 Å². The lowest BCUT2D eigenvalue weighted by atomic mass is 10.2. The molecule has 3 heteroatoms. The van der Waals surface area contributed by atoms with Gasteiger partial charge in [0.05, 0.1) is 6.54 Å². The van der Waals surface area contributed by atoms with E-state index in [0.717, 1.165) is 30.1 Å². The van der Waals surface area contributed by atoms with E-state index in [0.29, 0.717) is 0 Å². The molecular formula is C10H15ClNO+. The predicted octanol–water partition coefficient (Wildman–Crippen LogP) is 0.786. The highest BCUT2D eigenvalue weighted by Crippen LogP contribution is 2.12. The fraction of sp³-hybridized carbons (Fsp3) is 0.400. The molecule has 0 aliphatic rings. The summed E-state index contributed by atoms with van der Waals surface area (Å²) in [6, 6.07) is 7.84. The van der Waals surface area contributed by atoms with E-state index in [4.69, 9.17) is 16.7 Å². The zero-order chi connectivity index (χ0) is 9.52. The molecule has 2 nitrogen and oxygen atoms in total. The molecule has 0 radical (unpaired) electrons. The van der Waals surface area contributed by atoms with E-state index in [9.17, 15) is 0 Å². The van der Waals surface area contributed by atoms with Gasteiger partial charge in [-0.25, -0.2) is 0 Å². The second-order valence-electron chi connectivity index (χ2n) is 2.95. The summed E-state index contributed by atoms with van der Waals surface area (Å²) in [6.07, 6.45) is 0.838. The molecule has 0 unspecified atom stereocenters. The van der Waals surface area contributed by atoms with Crippen LogP contribution in [0, 0.1) is 0 Å². The van der Waals surface area contributed by atoms with E-state index in [1.807, 2.05) is 24.3 Å². The largest absolute Gasteiger partial charge is 0.396 e. The molecule has 1 rings (SSSR count). The van der Waals surface area contributed by atoms with Crippen molar-refractivity contribution >= 4 is 11.6 Å². The molecule has 0 aliphatic carbocycles. The van der Waals surface area contributed by atoms with Crippen molar-refractivity contribution in [3.63, 3.8) is 0 Å². The monoisotopic (exact) mass is 200 g/mol. The maximum atomic E-state index is 8.57. The first-order valence-corrected chi connectivity index (χ1v) is 4.88. The van der Waals surface area contributed by atoms with Crippen molar-refractivity contribution in [2.24, 2.45) is 0 Å². The van der Waals surface area contributed by atoms with Crippen LogP contribution in [0.3, 0.4) is 0 Å². The topological polar surface area (TPSA) is 36.8 Å². The van der Waals surface area contributed by atoms with Gasteiger partial charge in [-0.15, -0.1) is 0 Å². The van der Waals surface area contributed by atoms with Crippen LogP contribution in [0.15, 0.2) is 24.3 Å². The molecule has 72 valence electrons. The minimum atomic E-state index is 0.263. The Hall–Kier alpha value is -0.570. The van der Waals surface area contributed by atoms with Gasteiger partial charge in [0.25, 0.3) is 0 Å². The normalized spacial score (nSPS) is 10.3. The number of hydrogen-bond acceptors (Lipinski definition) is 1. The average molecular weight is 201 g/mol. The molecule has 0 bridgehead atoms. The Labute approximate surface area is 83.5 Å². The van der Waals surface area contributed by atoms with Crippen LogP contribution < -0.4 is 5.32 Å². The highest BCUT2D eigenvalue weighted by Gasteiger charge is 1.99. The Morgan fingerprint density at radius 2 is 2.08 bits per heavy atom. The van der Waals surface area contributed by atoms with Gasteiger partial charge in [0.15, 0.2) is 0 Å². The third-order valence-electron chi connectivity index (χ3n) is 1.89. The van der Waals surface area contributed by atoms with Crippen LogP contribution >= 0.6 is 11.6 Å². The molecule has 0 saturated carbocycles. The minimum absolute atomic E-state index is 0.263. The number of nitrogens with two attached hydrogens (primary N) is 1. The fourth-order valence-electron chi connectivity index (χ4n) is 1.16. The molecule has 0 amide bonds. The molecular weight excluding hydrogens is 186 g/mol. The molecule has 0 fully saturated rings. The first-order chi connectivity index (χ1) is 6.34. The van der Waals surface area contributed by atoms with E-state index in [1.54, 1.807) is 0 Å². The summed E-state index contributed by atoms with van der Waals surface area (Å²) in [4.78, 5) is 0. The smallest absolute Gasteiger partial charge is 0.103 e. The summed E-state index contributed by atoms with van der Waals surface area (Å²) in [5.74, 6) is 0. The van der Waals surface area contributed by atoms with Crippen molar-refractivity contribution in [2.75, 3.05) is 13.2 Å². The quantitative estimate of drug-likeness (QED) is 0.678. The molecule has 0 saturated heterocycles. The zero-order valence-electron chi connectivity index (χ0n) is 7.54. The number of rotatable bonds is 5. The van der Waals surface area contributed by atoms with E-state index >= 15 is 0 Å². The van der Waals surface area contributed by atoms with Gasteiger partial charge in [0.1, 0.15) is 6.54 Å². The van der Waals surface area contributed by atoms with Crippen molar-refractivity contribution in [2.45, 2.75) is 13.0 Å². The summed E-state index contributed by atoms with van der Waals surface area (Å²) >= 11 is 5.97. The Balaban J connectivity index is 2.32.